The first-order chi connectivity index (χ1) is 8.47. The van der Waals surface area contributed by atoms with E-state index in [1.807, 2.05) is 12.1 Å². The Hall–Kier alpha value is -1.62. The molecule has 0 bridgehead atoms. The van der Waals surface area contributed by atoms with E-state index in [-0.39, 0.29) is 21.5 Å². The molecule has 1 aromatic carbocycles. The van der Waals surface area contributed by atoms with Gasteiger partial charge in [0.05, 0.1) is 10.0 Å². The van der Waals surface area contributed by atoms with Gasteiger partial charge < -0.3 is 9.47 Å². The van der Waals surface area contributed by atoms with Crippen molar-refractivity contribution in [3.8, 4) is 23.6 Å². The number of hydrogen-bond donors (Lipinski definition) is 0. The van der Waals surface area contributed by atoms with Crippen LogP contribution in [0.2, 0.25) is 10.0 Å². The largest absolute Gasteiger partial charge is 0.474 e. The van der Waals surface area contributed by atoms with Gasteiger partial charge in [-0.05, 0) is 19.9 Å². The molecule has 0 radical (unpaired) electrons. The van der Waals surface area contributed by atoms with E-state index in [4.69, 9.17) is 43.2 Å². The predicted octanol–water partition coefficient (Wildman–Crippen LogP) is 3.58. The smallest absolute Gasteiger partial charge is 0.181 e. The Balaban J connectivity index is 3.03. The summed E-state index contributed by atoms with van der Waals surface area (Å²) in [5.41, 5.74) is 0. The van der Waals surface area contributed by atoms with Crippen molar-refractivity contribution in [2.45, 2.75) is 26.1 Å². The summed E-state index contributed by atoms with van der Waals surface area (Å²) >= 11 is 11.9. The van der Waals surface area contributed by atoms with E-state index < -0.39 is 12.2 Å². The number of benzene rings is 1. The van der Waals surface area contributed by atoms with Gasteiger partial charge in [-0.1, -0.05) is 23.2 Å². The summed E-state index contributed by atoms with van der Waals surface area (Å²) in [4.78, 5) is 0. The third-order valence-electron chi connectivity index (χ3n) is 1.96. The molecule has 1 rings (SSSR count). The quantitative estimate of drug-likeness (QED) is 0.848. The number of ether oxygens (including phenoxy) is 2. The van der Waals surface area contributed by atoms with Crippen molar-refractivity contribution in [2.24, 2.45) is 0 Å². The molecular formula is C12H10Cl2N2O2. The lowest BCUT2D eigenvalue weighted by atomic mass is 10.3. The molecule has 6 heteroatoms. The van der Waals surface area contributed by atoms with E-state index in [2.05, 4.69) is 0 Å². The second-order valence-corrected chi connectivity index (χ2v) is 4.31. The zero-order valence-corrected chi connectivity index (χ0v) is 11.3. The maximum absolute atomic E-state index is 8.68. The van der Waals surface area contributed by atoms with Crippen molar-refractivity contribution in [2.75, 3.05) is 0 Å². The van der Waals surface area contributed by atoms with Crippen LogP contribution in [0.4, 0.5) is 0 Å². The molecule has 0 fully saturated rings. The normalized spacial score (nSPS) is 13.0. The van der Waals surface area contributed by atoms with Crippen LogP contribution in [0.5, 0.6) is 11.5 Å². The van der Waals surface area contributed by atoms with Crippen LogP contribution in [0.1, 0.15) is 13.8 Å². The summed E-state index contributed by atoms with van der Waals surface area (Å²) in [7, 11) is 0. The van der Waals surface area contributed by atoms with E-state index in [0.29, 0.717) is 0 Å². The molecule has 0 aliphatic heterocycles. The third-order valence-corrected chi connectivity index (χ3v) is 2.55. The summed E-state index contributed by atoms with van der Waals surface area (Å²) < 4.78 is 10.6. The molecule has 0 heterocycles. The van der Waals surface area contributed by atoms with Gasteiger partial charge in [-0.2, -0.15) is 10.5 Å². The number of nitriles is 2. The maximum atomic E-state index is 8.68. The summed E-state index contributed by atoms with van der Waals surface area (Å²) in [6, 6.07) is 6.75. The van der Waals surface area contributed by atoms with Crippen molar-refractivity contribution >= 4 is 23.2 Å². The van der Waals surface area contributed by atoms with Crippen molar-refractivity contribution < 1.29 is 9.47 Å². The molecule has 0 unspecified atom stereocenters. The number of halogens is 2. The van der Waals surface area contributed by atoms with E-state index in [1.54, 1.807) is 13.8 Å². The summed E-state index contributed by atoms with van der Waals surface area (Å²) in [5.74, 6) is 0.575. The maximum Gasteiger partial charge on any atom is 0.181 e. The van der Waals surface area contributed by atoms with Gasteiger partial charge >= 0.3 is 0 Å². The monoisotopic (exact) mass is 284 g/mol. The minimum atomic E-state index is -0.648. The highest BCUT2D eigenvalue weighted by Gasteiger charge is 2.13. The van der Waals surface area contributed by atoms with E-state index in [1.165, 1.54) is 12.1 Å². The molecule has 94 valence electrons. The molecule has 4 nitrogen and oxygen atoms in total. The molecule has 0 N–H and O–H groups in total. The number of rotatable bonds is 4. The average molecular weight is 285 g/mol. The van der Waals surface area contributed by atoms with Gasteiger partial charge in [0, 0.05) is 6.07 Å². The van der Waals surface area contributed by atoms with Gasteiger partial charge in [-0.25, -0.2) is 0 Å². The lowest BCUT2D eigenvalue weighted by Crippen LogP contribution is -2.11. The van der Waals surface area contributed by atoms with E-state index in [9.17, 15) is 0 Å². The first-order valence-corrected chi connectivity index (χ1v) is 5.85. The SMILES string of the molecule is C[C@H](C#N)Oc1cc(O[C@@H](C)C#N)c(Cl)cc1Cl. The van der Waals surface area contributed by atoms with Crippen LogP contribution in [0.3, 0.4) is 0 Å². The number of hydrogen-bond acceptors (Lipinski definition) is 4. The highest BCUT2D eigenvalue weighted by atomic mass is 35.5. The van der Waals surface area contributed by atoms with Crippen LogP contribution < -0.4 is 9.47 Å². The van der Waals surface area contributed by atoms with Crippen LogP contribution in [-0.2, 0) is 0 Å². The lowest BCUT2D eigenvalue weighted by molar-refractivity contribution is 0.262. The highest BCUT2D eigenvalue weighted by molar-refractivity contribution is 6.36. The molecule has 0 spiro atoms. The first-order valence-electron chi connectivity index (χ1n) is 5.09. The van der Waals surface area contributed by atoms with Crippen molar-refractivity contribution in [1.82, 2.24) is 0 Å². The number of nitrogens with zero attached hydrogens (tertiary/aromatic N) is 2. The molecule has 1 aromatic rings. The molecule has 2 atom stereocenters. The minimum Gasteiger partial charge on any atom is -0.474 e. The molecule has 18 heavy (non-hydrogen) atoms. The van der Waals surface area contributed by atoms with Crippen molar-refractivity contribution in [3.63, 3.8) is 0 Å². The standard InChI is InChI=1S/C12H10Cl2N2O2/c1-7(5-15)17-11-4-12(18-8(2)6-16)10(14)3-9(11)13/h3-4,7-8H,1-2H3/t7-,8+. The summed E-state index contributed by atoms with van der Waals surface area (Å²) in [6.07, 6.45) is -1.30. The minimum absolute atomic E-state index is 0.277. The van der Waals surface area contributed by atoms with Gasteiger partial charge in [-0.15, -0.1) is 0 Å². The molecule has 0 saturated heterocycles. The second-order valence-electron chi connectivity index (χ2n) is 3.49. The first kappa shape index (κ1) is 14.4. The third kappa shape index (κ3) is 3.70. The predicted molar refractivity (Wildman–Crippen MR) is 67.9 cm³/mol. The summed E-state index contributed by atoms with van der Waals surface area (Å²) in [6.45, 7) is 3.17. The van der Waals surface area contributed by atoms with Crippen molar-refractivity contribution in [3.05, 3.63) is 22.2 Å². The fourth-order valence-corrected chi connectivity index (χ4v) is 1.60. The van der Waals surface area contributed by atoms with E-state index in [0.717, 1.165) is 0 Å². The van der Waals surface area contributed by atoms with E-state index >= 15 is 0 Å². The fraction of sp³-hybridized carbons (Fsp3) is 0.333. The molecule has 0 aliphatic carbocycles. The zero-order chi connectivity index (χ0) is 13.7. The van der Waals surface area contributed by atoms with Crippen LogP contribution in [0.25, 0.3) is 0 Å². The molecule has 0 aliphatic rings. The Bertz CT molecular complexity index is 477. The molecule has 0 amide bonds. The Morgan fingerprint density at radius 3 is 1.67 bits per heavy atom. The van der Waals surface area contributed by atoms with Gasteiger partial charge in [0.1, 0.15) is 23.6 Å². The van der Waals surface area contributed by atoms with Crippen molar-refractivity contribution in [1.29, 1.82) is 10.5 Å². The van der Waals surface area contributed by atoms with Crippen LogP contribution in [0, 0.1) is 22.7 Å². The molecule has 0 saturated carbocycles. The highest BCUT2D eigenvalue weighted by Crippen LogP contribution is 2.36. The second kappa shape index (κ2) is 6.35. The lowest BCUT2D eigenvalue weighted by Gasteiger charge is -2.14. The van der Waals surface area contributed by atoms with Crippen LogP contribution >= 0.6 is 23.2 Å². The van der Waals surface area contributed by atoms with Crippen LogP contribution in [-0.4, -0.2) is 12.2 Å². The Morgan fingerprint density at radius 1 is 0.944 bits per heavy atom. The van der Waals surface area contributed by atoms with Crippen LogP contribution in [0.15, 0.2) is 12.1 Å². The molecular weight excluding hydrogens is 275 g/mol. The average Bonchev–Trinajstić information content (AvgIpc) is 2.34. The van der Waals surface area contributed by atoms with Gasteiger partial charge in [-0.3, -0.25) is 0 Å². The van der Waals surface area contributed by atoms with Gasteiger partial charge in [0.25, 0.3) is 0 Å². The molecule has 0 aromatic heterocycles. The Morgan fingerprint density at radius 2 is 1.33 bits per heavy atom. The van der Waals surface area contributed by atoms with Gasteiger partial charge in [0.15, 0.2) is 12.2 Å². The fourth-order valence-electron chi connectivity index (χ4n) is 1.12. The van der Waals surface area contributed by atoms with Gasteiger partial charge in [0.2, 0.25) is 0 Å². The zero-order valence-electron chi connectivity index (χ0n) is 9.78. The summed E-state index contributed by atoms with van der Waals surface area (Å²) in [5, 5.41) is 17.9. The Kier molecular flexibility index (Phi) is 5.09. The topological polar surface area (TPSA) is 66.0 Å². The Labute approximate surface area is 115 Å².